The van der Waals surface area contributed by atoms with Gasteiger partial charge in [-0.2, -0.15) is 0 Å². The molecule has 1 atom stereocenters. The third-order valence-corrected chi connectivity index (χ3v) is 4.77. The lowest BCUT2D eigenvalue weighted by Gasteiger charge is -2.23. The van der Waals surface area contributed by atoms with E-state index in [-0.39, 0.29) is 6.29 Å². The molecule has 0 bridgehead atoms. The minimum atomic E-state index is 0.0451. The number of carbonyl (C=O) groups excluding carboxylic acids is 1. The zero-order valence-electron chi connectivity index (χ0n) is 16.1. The third kappa shape index (κ3) is 7.71. The van der Waals surface area contributed by atoms with Crippen molar-refractivity contribution in [3.8, 4) is 0 Å². The van der Waals surface area contributed by atoms with E-state index in [0.717, 1.165) is 51.0 Å². The highest BCUT2D eigenvalue weighted by atomic mass is 16.7. The van der Waals surface area contributed by atoms with Crippen molar-refractivity contribution in [2.45, 2.75) is 58.2 Å². The molecule has 1 fully saturated rings. The molecule has 1 aliphatic heterocycles. The number of nitrogens with zero attached hydrogens (tertiary/aromatic N) is 1. The van der Waals surface area contributed by atoms with E-state index in [0.29, 0.717) is 0 Å². The first kappa shape index (κ1) is 20.7. The van der Waals surface area contributed by atoms with Crippen LogP contribution < -0.4 is 4.90 Å². The van der Waals surface area contributed by atoms with E-state index < -0.39 is 0 Å². The van der Waals surface area contributed by atoms with E-state index in [4.69, 9.17) is 9.47 Å². The molecule has 1 unspecified atom stereocenters. The standard InChI is InChI=1S/C22H33NO3/c1-2-23(21-14-12-20(13-15-21)10-9-17-24)16-6-3-4-7-18-25-22-11-5-8-19-26-22/h9-10,12-15,17,22H,2-8,11,16,18-19H2,1H3. The Morgan fingerprint density at radius 3 is 2.65 bits per heavy atom. The third-order valence-electron chi connectivity index (χ3n) is 4.77. The van der Waals surface area contributed by atoms with E-state index in [9.17, 15) is 4.79 Å². The van der Waals surface area contributed by atoms with Crippen LogP contribution in [-0.4, -0.2) is 38.9 Å². The van der Waals surface area contributed by atoms with Gasteiger partial charge in [-0.1, -0.05) is 31.1 Å². The second-order valence-electron chi connectivity index (χ2n) is 6.75. The summed E-state index contributed by atoms with van der Waals surface area (Å²) in [5.74, 6) is 0. The summed E-state index contributed by atoms with van der Waals surface area (Å²) in [5.41, 5.74) is 2.30. The molecule has 4 nitrogen and oxygen atoms in total. The van der Waals surface area contributed by atoms with Crippen LogP contribution >= 0.6 is 0 Å². The van der Waals surface area contributed by atoms with Crippen molar-refractivity contribution < 1.29 is 14.3 Å². The Labute approximate surface area is 158 Å². The van der Waals surface area contributed by atoms with Gasteiger partial charge in [-0.05, 0) is 62.8 Å². The number of carbonyl (C=O) groups is 1. The predicted molar refractivity (Wildman–Crippen MR) is 107 cm³/mol. The summed E-state index contributed by atoms with van der Waals surface area (Å²) < 4.78 is 11.4. The highest BCUT2D eigenvalue weighted by Crippen LogP contribution is 2.17. The van der Waals surface area contributed by atoms with Crippen LogP contribution in [0.3, 0.4) is 0 Å². The summed E-state index contributed by atoms with van der Waals surface area (Å²) in [6, 6.07) is 8.38. The summed E-state index contributed by atoms with van der Waals surface area (Å²) in [4.78, 5) is 12.8. The lowest BCUT2D eigenvalue weighted by atomic mass is 10.1. The molecule has 1 aromatic rings. The summed E-state index contributed by atoms with van der Waals surface area (Å²) >= 11 is 0. The van der Waals surface area contributed by atoms with E-state index >= 15 is 0 Å². The normalized spacial score (nSPS) is 17.5. The Hall–Kier alpha value is -1.65. The number of hydrogen-bond acceptors (Lipinski definition) is 4. The van der Waals surface area contributed by atoms with Crippen molar-refractivity contribution in [2.75, 3.05) is 31.2 Å². The van der Waals surface area contributed by atoms with Gasteiger partial charge in [-0.25, -0.2) is 0 Å². The Balaban J connectivity index is 1.59. The van der Waals surface area contributed by atoms with Crippen molar-refractivity contribution >= 4 is 18.0 Å². The van der Waals surface area contributed by atoms with Gasteiger partial charge in [0.15, 0.2) is 6.29 Å². The van der Waals surface area contributed by atoms with Crippen molar-refractivity contribution in [1.82, 2.24) is 0 Å². The van der Waals surface area contributed by atoms with Crippen molar-refractivity contribution in [2.24, 2.45) is 0 Å². The van der Waals surface area contributed by atoms with Crippen LogP contribution in [0, 0.1) is 0 Å². The van der Waals surface area contributed by atoms with Gasteiger partial charge < -0.3 is 14.4 Å². The zero-order chi connectivity index (χ0) is 18.5. The number of rotatable bonds is 12. The number of aldehydes is 1. The van der Waals surface area contributed by atoms with E-state index in [1.165, 1.54) is 43.9 Å². The highest BCUT2D eigenvalue weighted by molar-refractivity contribution is 5.74. The molecule has 1 aromatic carbocycles. The molecule has 0 aromatic heterocycles. The predicted octanol–water partition coefficient (Wildman–Crippen LogP) is 4.83. The van der Waals surface area contributed by atoms with Gasteiger partial charge in [-0.3, -0.25) is 4.79 Å². The molecule has 26 heavy (non-hydrogen) atoms. The average Bonchev–Trinajstić information content (AvgIpc) is 2.70. The molecule has 0 spiro atoms. The first-order chi connectivity index (χ1) is 12.8. The van der Waals surface area contributed by atoms with Gasteiger partial charge in [0, 0.05) is 32.0 Å². The molecule has 1 aliphatic rings. The summed E-state index contributed by atoms with van der Waals surface area (Å²) in [7, 11) is 0. The van der Waals surface area contributed by atoms with Gasteiger partial charge >= 0.3 is 0 Å². The monoisotopic (exact) mass is 359 g/mol. The van der Waals surface area contributed by atoms with Crippen LogP contribution in [0.2, 0.25) is 0 Å². The van der Waals surface area contributed by atoms with Gasteiger partial charge in [0.1, 0.15) is 6.29 Å². The molecule has 144 valence electrons. The number of benzene rings is 1. The first-order valence-corrected chi connectivity index (χ1v) is 10.0. The Kier molecular flexibility index (Phi) is 10.1. The lowest BCUT2D eigenvalue weighted by Crippen LogP contribution is -2.24. The van der Waals surface area contributed by atoms with Gasteiger partial charge in [-0.15, -0.1) is 0 Å². The molecule has 0 N–H and O–H groups in total. The van der Waals surface area contributed by atoms with Crippen LogP contribution in [0.25, 0.3) is 6.08 Å². The largest absolute Gasteiger partial charge is 0.372 e. The Bertz CT molecular complexity index is 521. The number of hydrogen-bond donors (Lipinski definition) is 0. The van der Waals surface area contributed by atoms with Crippen molar-refractivity contribution in [1.29, 1.82) is 0 Å². The first-order valence-electron chi connectivity index (χ1n) is 10.0. The van der Waals surface area contributed by atoms with Crippen LogP contribution in [0.4, 0.5) is 5.69 Å². The van der Waals surface area contributed by atoms with Crippen LogP contribution in [-0.2, 0) is 14.3 Å². The second kappa shape index (κ2) is 12.7. The fourth-order valence-corrected chi connectivity index (χ4v) is 3.23. The van der Waals surface area contributed by atoms with E-state index in [1.54, 1.807) is 0 Å². The summed E-state index contributed by atoms with van der Waals surface area (Å²) in [6.45, 7) is 5.94. The number of unbranched alkanes of at least 4 members (excludes halogenated alkanes) is 3. The Morgan fingerprint density at radius 2 is 1.96 bits per heavy atom. The number of anilines is 1. The molecule has 0 saturated carbocycles. The minimum Gasteiger partial charge on any atom is -0.372 e. The fourth-order valence-electron chi connectivity index (χ4n) is 3.23. The molecular formula is C22H33NO3. The molecule has 4 heteroatoms. The molecule has 2 rings (SSSR count). The minimum absolute atomic E-state index is 0.0451. The highest BCUT2D eigenvalue weighted by Gasteiger charge is 2.13. The van der Waals surface area contributed by atoms with Gasteiger partial charge in [0.05, 0.1) is 0 Å². The van der Waals surface area contributed by atoms with Crippen molar-refractivity contribution in [3.63, 3.8) is 0 Å². The number of allylic oxidation sites excluding steroid dienone is 1. The van der Waals surface area contributed by atoms with E-state index in [1.807, 2.05) is 6.08 Å². The fraction of sp³-hybridized carbons (Fsp3) is 0.591. The van der Waals surface area contributed by atoms with E-state index in [2.05, 4.69) is 36.1 Å². The maximum Gasteiger partial charge on any atom is 0.157 e. The van der Waals surface area contributed by atoms with Gasteiger partial charge in [0.2, 0.25) is 0 Å². The quantitative estimate of drug-likeness (QED) is 0.304. The number of ether oxygens (including phenoxy) is 2. The molecule has 0 amide bonds. The maximum atomic E-state index is 10.4. The SMILES string of the molecule is CCN(CCCCCCOC1CCCCO1)c1ccc(C=CC=O)cc1. The molecule has 1 heterocycles. The summed E-state index contributed by atoms with van der Waals surface area (Å²) in [5, 5.41) is 0. The maximum absolute atomic E-state index is 10.4. The summed E-state index contributed by atoms with van der Waals surface area (Å²) in [6.07, 6.45) is 12.4. The van der Waals surface area contributed by atoms with Crippen LogP contribution in [0.5, 0.6) is 0 Å². The van der Waals surface area contributed by atoms with Crippen LogP contribution in [0.1, 0.15) is 57.4 Å². The zero-order valence-corrected chi connectivity index (χ0v) is 16.1. The Morgan fingerprint density at radius 1 is 1.15 bits per heavy atom. The lowest BCUT2D eigenvalue weighted by molar-refractivity contribution is -0.162. The average molecular weight is 360 g/mol. The van der Waals surface area contributed by atoms with Gasteiger partial charge in [0.25, 0.3) is 0 Å². The second-order valence-corrected chi connectivity index (χ2v) is 6.75. The molecule has 0 aliphatic carbocycles. The molecule has 1 saturated heterocycles. The topological polar surface area (TPSA) is 38.8 Å². The van der Waals surface area contributed by atoms with Crippen molar-refractivity contribution in [3.05, 3.63) is 35.9 Å². The molecular weight excluding hydrogens is 326 g/mol. The smallest absolute Gasteiger partial charge is 0.157 e. The molecule has 0 radical (unpaired) electrons. The van der Waals surface area contributed by atoms with Crippen LogP contribution in [0.15, 0.2) is 30.3 Å².